The lowest BCUT2D eigenvalue weighted by atomic mass is 9.81. The smallest absolute Gasteiger partial charge is 0.414 e. The molecule has 0 radical (unpaired) electrons. The normalized spacial score (nSPS) is 22.4. The third-order valence-electron chi connectivity index (χ3n) is 8.86. The second-order valence-corrected chi connectivity index (χ2v) is 12.4. The topological polar surface area (TPSA) is 130 Å². The van der Waals surface area contributed by atoms with Gasteiger partial charge in [0.15, 0.2) is 34.4 Å². The molecule has 0 bridgehead atoms. The molecule has 1 aliphatic heterocycles. The number of aromatic nitrogens is 1. The molecule has 2 heterocycles. The first kappa shape index (κ1) is 29.7. The van der Waals surface area contributed by atoms with Gasteiger partial charge in [0.05, 0.1) is 17.9 Å². The summed E-state index contributed by atoms with van der Waals surface area (Å²) in [5.41, 5.74) is 6.04. The largest absolute Gasteiger partial charge is 0.488 e. The van der Waals surface area contributed by atoms with E-state index in [0.717, 1.165) is 49.9 Å². The summed E-state index contributed by atoms with van der Waals surface area (Å²) in [6.07, 6.45) is -1.21. The minimum atomic E-state index is -4.97. The van der Waals surface area contributed by atoms with Gasteiger partial charge in [-0.2, -0.15) is 13.2 Å². The number of primary amides is 1. The summed E-state index contributed by atoms with van der Waals surface area (Å²) in [6.45, 7) is -0.985. The van der Waals surface area contributed by atoms with E-state index in [1.807, 2.05) is 0 Å². The first-order valence-corrected chi connectivity index (χ1v) is 14.8. The molecule has 2 atom stereocenters. The van der Waals surface area contributed by atoms with E-state index in [1.54, 1.807) is 6.07 Å². The number of alkyl halides is 3. The molecular formula is C32H30F5N3O5. The van der Waals surface area contributed by atoms with E-state index in [0.29, 0.717) is 18.6 Å². The van der Waals surface area contributed by atoms with Crippen LogP contribution in [0.3, 0.4) is 0 Å². The molecule has 238 valence electrons. The molecule has 7 rings (SSSR count). The Bertz CT molecular complexity index is 1710. The number of carbonyl (C=O) groups excluding carboxylic acids is 1. The number of carbonyl (C=O) groups is 1. The zero-order chi connectivity index (χ0) is 31.9. The fourth-order valence-corrected chi connectivity index (χ4v) is 5.80. The summed E-state index contributed by atoms with van der Waals surface area (Å²) < 4.78 is 89.2. The van der Waals surface area contributed by atoms with Gasteiger partial charge < -0.3 is 30.8 Å². The van der Waals surface area contributed by atoms with E-state index in [4.69, 9.17) is 25.7 Å². The highest BCUT2D eigenvalue weighted by molar-refractivity contribution is 5.95. The molecule has 13 heteroatoms. The van der Waals surface area contributed by atoms with Crippen molar-refractivity contribution in [2.24, 2.45) is 17.4 Å². The van der Waals surface area contributed by atoms with Crippen molar-refractivity contribution in [3.05, 3.63) is 70.4 Å². The highest BCUT2D eigenvalue weighted by Crippen LogP contribution is 2.54. The van der Waals surface area contributed by atoms with Crippen molar-refractivity contribution in [1.82, 2.24) is 4.98 Å². The third kappa shape index (κ3) is 5.25. The standard InChI is InChI=1S/C32H30F5N3O5/c33-22-9-1-15(11-23(22)34)26-28-21(31(39,14-43-28)32(35,36)37)12-25(40-26)30(42,16-2-3-16)13-20-19(29(38)41)8-10-24(44-17-4-5-17)27(20)45-18-6-7-18/h1,8-12,16-18,42H,2-7,13-14,39H2,(H2,38,41)/t30-,31-/m0/s1. The number of ether oxygens (including phenoxy) is 3. The Morgan fingerprint density at radius 3 is 2.29 bits per heavy atom. The first-order chi connectivity index (χ1) is 21.3. The number of benzene rings is 2. The second kappa shape index (κ2) is 10.3. The average molecular weight is 632 g/mol. The maximum Gasteiger partial charge on any atom is 0.414 e. The van der Waals surface area contributed by atoms with Crippen molar-refractivity contribution in [3.8, 4) is 28.5 Å². The first-order valence-electron chi connectivity index (χ1n) is 14.8. The van der Waals surface area contributed by atoms with Gasteiger partial charge in [-0.05, 0) is 80.8 Å². The molecule has 1 amide bonds. The van der Waals surface area contributed by atoms with Gasteiger partial charge in [-0.15, -0.1) is 0 Å². The number of halogens is 5. The van der Waals surface area contributed by atoms with Crippen LogP contribution < -0.4 is 25.7 Å². The molecule has 2 aromatic carbocycles. The predicted octanol–water partition coefficient (Wildman–Crippen LogP) is 5.16. The van der Waals surface area contributed by atoms with E-state index in [1.165, 1.54) is 6.07 Å². The summed E-state index contributed by atoms with van der Waals surface area (Å²) in [5, 5.41) is 12.5. The molecule has 3 aromatic rings. The van der Waals surface area contributed by atoms with Crippen LogP contribution in [0.5, 0.6) is 17.2 Å². The molecule has 3 saturated carbocycles. The van der Waals surface area contributed by atoms with E-state index in [2.05, 4.69) is 4.98 Å². The summed E-state index contributed by atoms with van der Waals surface area (Å²) in [5.74, 6) is -3.42. The highest BCUT2D eigenvalue weighted by atomic mass is 19.4. The summed E-state index contributed by atoms with van der Waals surface area (Å²) >= 11 is 0. The van der Waals surface area contributed by atoms with Crippen molar-refractivity contribution in [3.63, 3.8) is 0 Å². The predicted molar refractivity (Wildman–Crippen MR) is 150 cm³/mol. The number of hydrogen-bond acceptors (Lipinski definition) is 7. The number of nitrogens with two attached hydrogens (primary N) is 2. The van der Waals surface area contributed by atoms with Gasteiger partial charge >= 0.3 is 6.18 Å². The number of amides is 1. The van der Waals surface area contributed by atoms with Gasteiger partial charge in [0.1, 0.15) is 17.9 Å². The number of pyridine rings is 1. The summed E-state index contributed by atoms with van der Waals surface area (Å²) in [7, 11) is 0. The van der Waals surface area contributed by atoms with Crippen LogP contribution in [0.1, 0.15) is 65.7 Å². The molecular weight excluding hydrogens is 601 g/mol. The van der Waals surface area contributed by atoms with Crippen molar-refractivity contribution in [2.45, 2.75) is 74.5 Å². The Morgan fingerprint density at radius 2 is 1.69 bits per heavy atom. The molecule has 5 N–H and O–H groups in total. The fourth-order valence-electron chi connectivity index (χ4n) is 5.80. The number of hydrogen-bond donors (Lipinski definition) is 3. The number of fused-ring (bicyclic) bond motifs is 1. The van der Waals surface area contributed by atoms with Gasteiger partial charge in [0.2, 0.25) is 5.91 Å². The second-order valence-electron chi connectivity index (χ2n) is 12.4. The molecule has 45 heavy (non-hydrogen) atoms. The van der Waals surface area contributed by atoms with E-state index >= 15 is 0 Å². The molecule has 1 aromatic heterocycles. The third-order valence-corrected chi connectivity index (χ3v) is 8.86. The highest BCUT2D eigenvalue weighted by Gasteiger charge is 2.60. The average Bonchev–Trinajstić information content (AvgIpc) is 3.82. The number of rotatable bonds is 10. The molecule has 3 aliphatic carbocycles. The maximum atomic E-state index is 14.4. The zero-order valence-corrected chi connectivity index (χ0v) is 23.9. The van der Waals surface area contributed by atoms with E-state index in [9.17, 15) is 31.9 Å². The SMILES string of the molecule is NC(=O)c1ccc(OC2CC2)c(OC2CC2)c1C[C@@](O)(c1cc2c(c(-c3ccc(F)c(F)c3)n1)OC[C@@]2(N)C(F)(F)F)C1CC1. The monoisotopic (exact) mass is 631 g/mol. The molecule has 0 saturated heterocycles. The quantitative estimate of drug-likeness (QED) is 0.264. The summed E-state index contributed by atoms with van der Waals surface area (Å²) in [6, 6.07) is 6.89. The lowest BCUT2D eigenvalue weighted by molar-refractivity contribution is -0.191. The van der Waals surface area contributed by atoms with Gasteiger partial charge in [-0.3, -0.25) is 4.79 Å². The van der Waals surface area contributed by atoms with Crippen LogP contribution in [0, 0.1) is 17.6 Å². The van der Waals surface area contributed by atoms with Crippen LogP contribution in [0.4, 0.5) is 22.0 Å². The van der Waals surface area contributed by atoms with Gasteiger partial charge in [-0.1, -0.05) is 0 Å². The molecule has 8 nitrogen and oxygen atoms in total. The number of aliphatic hydroxyl groups is 1. The lowest BCUT2D eigenvalue weighted by Crippen LogP contribution is -2.52. The van der Waals surface area contributed by atoms with E-state index in [-0.39, 0.29) is 58.2 Å². The van der Waals surface area contributed by atoms with Crippen LogP contribution in [-0.4, -0.2) is 41.0 Å². The van der Waals surface area contributed by atoms with Crippen LogP contribution >= 0.6 is 0 Å². The number of nitrogens with zero attached hydrogens (tertiary/aromatic N) is 1. The molecule has 0 spiro atoms. The van der Waals surface area contributed by atoms with Crippen LogP contribution in [-0.2, 0) is 17.6 Å². The maximum absolute atomic E-state index is 14.4. The lowest BCUT2D eigenvalue weighted by Gasteiger charge is -2.32. The van der Waals surface area contributed by atoms with Gasteiger partial charge in [0.25, 0.3) is 0 Å². The van der Waals surface area contributed by atoms with Crippen molar-refractivity contribution in [1.29, 1.82) is 0 Å². The Morgan fingerprint density at radius 1 is 1.00 bits per heavy atom. The molecule has 3 fully saturated rings. The van der Waals surface area contributed by atoms with E-state index < -0.39 is 52.9 Å². The van der Waals surface area contributed by atoms with Crippen LogP contribution in [0.15, 0.2) is 36.4 Å². The minimum Gasteiger partial charge on any atom is -0.488 e. The molecule has 0 unspecified atom stereocenters. The van der Waals surface area contributed by atoms with Crippen LogP contribution in [0.25, 0.3) is 11.3 Å². The molecule has 4 aliphatic rings. The summed E-state index contributed by atoms with van der Waals surface area (Å²) in [4.78, 5) is 17.2. The Kier molecular flexibility index (Phi) is 6.79. The van der Waals surface area contributed by atoms with Crippen LogP contribution in [0.2, 0.25) is 0 Å². The van der Waals surface area contributed by atoms with Gasteiger partial charge in [-0.25, -0.2) is 13.8 Å². The Hall–Kier alpha value is -3.97. The zero-order valence-electron chi connectivity index (χ0n) is 23.9. The van der Waals surface area contributed by atoms with Crippen molar-refractivity contribution < 1.29 is 46.1 Å². The minimum absolute atomic E-state index is 0.0294. The van der Waals surface area contributed by atoms with Gasteiger partial charge in [0, 0.05) is 28.7 Å². The Balaban J connectivity index is 1.42. The fraction of sp³-hybridized carbons (Fsp3) is 0.438. The van der Waals surface area contributed by atoms with Crippen molar-refractivity contribution >= 4 is 5.91 Å². The Labute approximate surface area is 254 Å². The van der Waals surface area contributed by atoms with Crippen molar-refractivity contribution in [2.75, 3.05) is 6.61 Å².